The van der Waals surface area contributed by atoms with Gasteiger partial charge in [-0.3, -0.25) is 9.47 Å². The minimum absolute atomic E-state index is 0.0274. The molecule has 1 fully saturated rings. The third kappa shape index (κ3) is 3.58. The number of benzene rings is 2. The van der Waals surface area contributed by atoms with Crippen molar-refractivity contribution < 1.29 is 9.23 Å². The number of fused-ring (bicyclic) bond motifs is 1. The summed E-state index contributed by atoms with van der Waals surface area (Å²) in [6.07, 6.45) is 2.45. The van der Waals surface area contributed by atoms with E-state index in [1.54, 1.807) is 12.1 Å². The average Bonchev–Trinajstić information content (AvgIpc) is 3.33. The number of piperidine rings is 1. The first-order valence-corrected chi connectivity index (χ1v) is 10.1. The van der Waals surface area contributed by atoms with Crippen molar-refractivity contribution in [2.45, 2.75) is 31.4 Å². The number of rotatable bonds is 4. The van der Waals surface area contributed by atoms with E-state index in [0.717, 1.165) is 61.2 Å². The Morgan fingerprint density at radius 1 is 1.10 bits per heavy atom. The van der Waals surface area contributed by atoms with Gasteiger partial charge < -0.3 is 9.82 Å². The highest BCUT2D eigenvalue weighted by Crippen LogP contribution is 2.29. The van der Waals surface area contributed by atoms with E-state index >= 15 is 0 Å². The summed E-state index contributed by atoms with van der Waals surface area (Å²) >= 11 is 0. The molecule has 0 radical (unpaired) electrons. The summed E-state index contributed by atoms with van der Waals surface area (Å²) in [5.74, 6) is -0.245. The van der Waals surface area contributed by atoms with E-state index in [2.05, 4.69) is 15.0 Å². The highest BCUT2D eigenvalue weighted by atomic mass is 19.1. The lowest BCUT2D eigenvalue weighted by Crippen LogP contribution is -2.39. The predicted octanol–water partition coefficient (Wildman–Crippen LogP) is 3.62. The van der Waals surface area contributed by atoms with E-state index < -0.39 is 0 Å². The molecule has 1 atom stereocenters. The van der Waals surface area contributed by atoms with Gasteiger partial charge in [0.1, 0.15) is 5.82 Å². The maximum absolute atomic E-state index is 13.1. The largest absolute Gasteiger partial charge is 0.387 e. The topological polar surface area (TPSA) is 62.6 Å². The maximum Gasteiger partial charge on any atom is 0.326 e. The number of likely N-dealkylation sites (tertiary alicyclic amines) is 1. The number of oxime groups is 1. The van der Waals surface area contributed by atoms with E-state index in [-0.39, 0.29) is 23.7 Å². The van der Waals surface area contributed by atoms with Gasteiger partial charge in [-0.05, 0) is 42.7 Å². The molecule has 1 N–H and O–H groups in total. The monoisotopic (exact) mass is 394 g/mol. The molecule has 7 heteroatoms. The second kappa shape index (κ2) is 7.48. The Morgan fingerprint density at radius 2 is 1.86 bits per heavy atom. The van der Waals surface area contributed by atoms with Crippen LogP contribution in [0.5, 0.6) is 0 Å². The van der Waals surface area contributed by atoms with Crippen LogP contribution in [-0.4, -0.2) is 39.8 Å². The molecule has 0 spiro atoms. The van der Waals surface area contributed by atoms with Crippen LogP contribution in [0, 0.1) is 5.82 Å². The van der Waals surface area contributed by atoms with Crippen LogP contribution in [0.3, 0.4) is 0 Å². The molecule has 2 aromatic carbocycles. The molecule has 1 saturated heterocycles. The Hall–Kier alpha value is -2.93. The third-order valence-corrected chi connectivity index (χ3v) is 5.92. The number of nitrogens with zero attached hydrogens (tertiary/aromatic N) is 3. The number of aromatic amines is 1. The molecule has 6 nitrogen and oxygen atoms in total. The number of imidazole rings is 1. The Labute approximate surface area is 167 Å². The molecular weight excluding hydrogens is 371 g/mol. The number of hydrogen-bond donors (Lipinski definition) is 1. The molecule has 0 aliphatic carbocycles. The SMILES string of the molecule is O=c1[nH]c2ccccc2n1C1CCN(CC2=NOC(c3ccc(F)cc3)C2)CC1. The smallest absolute Gasteiger partial charge is 0.326 e. The van der Waals surface area contributed by atoms with Gasteiger partial charge in [0.05, 0.1) is 16.7 Å². The van der Waals surface area contributed by atoms with Crippen molar-refractivity contribution in [3.8, 4) is 0 Å². The molecule has 2 aliphatic heterocycles. The lowest BCUT2D eigenvalue weighted by atomic mass is 10.0. The zero-order valence-corrected chi connectivity index (χ0v) is 16.1. The van der Waals surface area contributed by atoms with E-state index in [0.29, 0.717) is 0 Å². The number of nitrogens with one attached hydrogen (secondary N) is 1. The first-order chi connectivity index (χ1) is 14.2. The fourth-order valence-electron chi connectivity index (χ4n) is 4.41. The quantitative estimate of drug-likeness (QED) is 0.735. The minimum atomic E-state index is -0.245. The van der Waals surface area contributed by atoms with Gasteiger partial charge in [0, 0.05) is 32.1 Å². The van der Waals surface area contributed by atoms with Crippen molar-refractivity contribution in [2.24, 2.45) is 5.16 Å². The van der Waals surface area contributed by atoms with Crippen molar-refractivity contribution in [3.05, 3.63) is 70.4 Å². The number of para-hydroxylation sites is 2. The molecule has 0 bridgehead atoms. The van der Waals surface area contributed by atoms with E-state index in [1.807, 2.05) is 28.8 Å². The zero-order chi connectivity index (χ0) is 19.8. The van der Waals surface area contributed by atoms with Crippen LogP contribution in [0.1, 0.15) is 37.0 Å². The second-order valence-electron chi connectivity index (χ2n) is 7.83. The summed E-state index contributed by atoms with van der Waals surface area (Å²) in [5.41, 5.74) is 3.81. The van der Waals surface area contributed by atoms with Crippen LogP contribution in [-0.2, 0) is 4.84 Å². The van der Waals surface area contributed by atoms with Crippen molar-refractivity contribution in [2.75, 3.05) is 19.6 Å². The van der Waals surface area contributed by atoms with Crippen molar-refractivity contribution in [1.29, 1.82) is 0 Å². The van der Waals surface area contributed by atoms with E-state index in [4.69, 9.17) is 4.84 Å². The summed E-state index contributed by atoms with van der Waals surface area (Å²) in [5, 5.41) is 4.26. The number of aromatic nitrogens is 2. The third-order valence-electron chi connectivity index (χ3n) is 5.92. The van der Waals surface area contributed by atoms with Gasteiger partial charge in [-0.1, -0.05) is 29.4 Å². The zero-order valence-electron chi connectivity index (χ0n) is 16.1. The lowest BCUT2D eigenvalue weighted by molar-refractivity contribution is 0.0856. The minimum Gasteiger partial charge on any atom is -0.387 e. The second-order valence-corrected chi connectivity index (χ2v) is 7.83. The molecule has 1 unspecified atom stereocenters. The van der Waals surface area contributed by atoms with E-state index in [1.165, 1.54) is 12.1 Å². The molecular formula is C22H23FN4O2. The van der Waals surface area contributed by atoms with Gasteiger partial charge in [-0.15, -0.1) is 0 Å². The van der Waals surface area contributed by atoms with Crippen LogP contribution in [0.2, 0.25) is 0 Å². The highest BCUT2D eigenvalue weighted by molar-refractivity contribution is 5.87. The van der Waals surface area contributed by atoms with Crippen LogP contribution in [0.25, 0.3) is 11.0 Å². The van der Waals surface area contributed by atoms with Crippen molar-refractivity contribution in [1.82, 2.24) is 14.5 Å². The molecule has 29 heavy (non-hydrogen) atoms. The molecule has 150 valence electrons. The first-order valence-electron chi connectivity index (χ1n) is 10.1. The number of hydrogen-bond acceptors (Lipinski definition) is 4. The fourth-order valence-corrected chi connectivity index (χ4v) is 4.41. The van der Waals surface area contributed by atoms with Gasteiger partial charge in [-0.2, -0.15) is 0 Å². The van der Waals surface area contributed by atoms with Crippen LogP contribution in [0.15, 0.2) is 58.5 Å². The molecule has 3 aromatic rings. The van der Waals surface area contributed by atoms with Crippen LogP contribution < -0.4 is 5.69 Å². The maximum atomic E-state index is 13.1. The summed E-state index contributed by atoms with van der Waals surface area (Å²) in [7, 11) is 0. The Bertz CT molecular complexity index is 1090. The summed E-state index contributed by atoms with van der Waals surface area (Å²) in [6.45, 7) is 2.60. The summed E-state index contributed by atoms with van der Waals surface area (Å²) in [6, 6.07) is 14.5. The van der Waals surface area contributed by atoms with E-state index in [9.17, 15) is 9.18 Å². The van der Waals surface area contributed by atoms with Gasteiger partial charge in [0.25, 0.3) is 0 Å². The Kier molecular flexibility index (Phi) is 4.67. The van der Waals surface area contributed by atoms with Gasteiger partial charge in [-0.25, -0.2) is 9.18 Å². The standard InChI is InChI=1S/C22H23FN4O2/c23-16-7-5-15(6-8-16)21-13-17(25-29-21)14-26-11-9-18(10-12-26)27-20-4-2-1-3-19(20)24-22(27)28/h1-8,18,21H,9-14H2,(H,24,28). The van der Waals surface area contributed by atoms with Crippen molar-refractivity contribution in [3.63, 3.8) is 0 Å². The molecule has 0 saturated carbocycles. The summed E-state index contributed by atoms with van der Waals surface area (Å²) < 4.78 is 15.0. The highest BCUT2D eigenvalue weighted by Gasteiger charge is 2.27. The van der Waals surface area contributed by atoms with Crippen LogP contribution >= 0.6 is 0 Å². The predicted molar refractivity (Wildman–Crippen MR) is 110 cm³/mol. The Morgan fingerprint density at radius 3 is 2.66 bits per heavy atom. The normalized spacial score (nSPS) is 20.7. The molecule has 5 rings (SSSR count). The lowest BCUT2D eigenvalue weighted by Gasteiger charge is -2.32. The average molecular weight is 394 g/mol. The molecule has 0 amide bonds. The first kappa shape index (κ1) is 18.1. The molecule has 1 aromatic heterocycles. The number of halogens is 1. The van der Waals surface area contributed by atoms with Gasteiger partial charge >= 0.3 is 5.69 Å². The molecule has 3 heterocycles. The van der Waals surface area contributed by atoms with Crippen LogP contribution in [0.4, 0.5) is 4.39 Å². The van der Waals surface area contributed by atoms with Gasteiger partial charge in [0.2, 0.25) is 0 Å². The number of H-pyrrole nitrogens is 1. The van der Waals surface area contributed by atoms with Crippen molar-refractivity contribution >= 4 is 16.7 Å². The molecule has 2 aliphatic rings. The Balaban J connectivity index is 1.19. The summed E-state index contributed by atoms with van der Waals surface area (Å²) in [4.78, 5) is 23.3. The fraction of sp³-hybridized carbons (Fsp3) is 0.364. The van der Waals surface area contributed by atoms with Gasteiger partial charge in [0.15, 0.2) is 6.10 Å².